The molecule has 4 aromatic rings. The first-order chi connectivity index (χ1) is 16.0. The van der Waals surface area contributed by atoms with E-state index >= 15 is 0 Å². The van der Waals surface area contributed by atoms with Crippen LogP contribution in [0.25, 0.3) is 10.9 Å². The topological polar surface area (TPSA) is 76.4 Å². The lowest BCUT2D eigenvalue weighted by Gasteiger charge is -2.23. The van der Waals surface area contributed by atoms with Gasteiger partial charge in [-0.15, -0.1) is 0 Å². The van der Waals surface area contributed by atoms with Gasteiger partial charge in [-0.05, 0) is 71.5 Å². The van der Waals surface area contributed by atoms with Crippen LogP contribution in [-0.2, 0) is 21.9 Å². The molecule has 0 aliphatic rings. The summed E-state index contributed by atoms with van der Waals surface area (Å²) in [5.74, 6) is -1.01. The van der Waals surface area contributed by atoms with Crippen LogP contribution in [0.1, 0.15) is 54.4 Å². The Labute approximate surface area is 204 Å². The molecule has 0 aliphatic carbocycles. The van der Waals surface area contributed by atoms with E-state index in [4.69, 9.17) is 16.7 Å². The summed E-state index contributed by atoms with van der Waals surface area (Å²) >= 11 is 6.18. The number of hydrogen-bond donors (Lipinski definition) is 1. The minimum Gasteiger partial charge on any atom is -0.478 e. The normalized spacial score (nSPS) is 12.2. The maximum absolute atomic E-state index is 13.8. The predicted octanol–water partition coefficient (Wildman–Crippen LogP) is 6.51. The molecule has 0 radical (unpaired) electrons. The van der Waals surface area contributed by atoms with E-state index in [0.29, 0.717) is 22.7 Å². The maximum atomic E-state index is 13.8. The number of rotatable bonds is 7. The van der Waals surface area contributed by atoms with Crippen molar-refractivity contribution >= 4 is 38.5 Å². The zero-order valence-corrected chi connectivity index (χ0v) is 20.8. The summed E-state index contributed by atoms with van der Waals surface area (Å²) < 4.78 is 29.0. The summed E-state index contributed by atoms with van der Waals surface area (Å²) in [6, 6.07) is 20.5. The van der Waals surface area contributed by atoms with Crippen LogP contribution >= 0.6 is 11.6 Å². The second-order valence-corrected chi connectivity index (χ2v) is 11.3. The van der Waals surface area contributed by atoms with E-state index in [1.54, 1.807) is 42.5 Å². The van der Waals surface area contributed by atoms with E-state index in [1.165, 1.54) is 16.1 Å². The van der Waals surface area contributed by atoms with Crippen molar-refractivity contribution in [1.29, 1.82) is 0 Å². The van der Waals surface area contributed by atoms with Crippen molar-refractivity contribution in [2.24, 2.45) is 0 Å². The third kappa shape index (κ3) is 4.48. The number of halogens is 1. The third-order valence-corrected chi connectivity index (χ3v) is 8.45. The van der Waals surface area contributed by atoms with Gasteiger partial charge in [0.2, 0.25) is 0 Å². The third-order valence-electron chi connectivity index (χ3n) is 6.44. The zero-order valence-electron chi connectivity index (χ0n) is 19.2. The van der Waals surface area contributed by atoms with Crippen LogP contribution < -0.4 is 0 Å². The quantitative estimate of drug-likeness (QED) is 0.317. The lowest BCUT2D eigenvalue weighted by molar-refractivity contribution is 0.0697. The van der Waals surface area contributed by atoms with Crippen LogP contribution in [0.2, 0.25) is 5.02 Å². The molecule has 0 amide bonds. The molecular formula is C27H26ClNO4S. The van der Waals surface area contributed by atoms with Crippen LogP contribution in [-0.4, -0.2) is 23.5 Å². The first-order valence-corrected chi connectivity index (χ1v) is 12.8. The van der Waals surface area contributed by atoms with Crippen LogP contribution in [0.5, 0.6) is 0 Å². The maximum Gasteiger partial charge on any atom is 0.335 e. The summed E-state index contributed by atoms with van der Waals surface area (Å²) in [5.41, 5.74) is 3.12. The Kier molecular flexibility index (Phi) is 6.32. The molecule has 4 rings (SSSR count). The zero-order chi connectivity index (χ0) is 24.7. The Hall–Kier alpha value is -3.09. The van der Waals surface area contributed by atoms with Crippen molar-refractivity contribution in [3.63, 3.8) is 0 Å². The average Bonchev–Trinajstić information content (AvgIpc) is 3.17. The highest BCUT2D eigenvalue weighted by Gasteiger charge is 2.25. The fourth-order valence-corrected chi connectivity index (χ4v) is 5.71. The summed E-state index contributed by atoms with van der Waals surface area (Å²) in [7, 11) is -3.90. The molecule has 7 heteroatoms. The Bertz CT molecular complexity index is 1470. The average molecular weight is 496 g/mol. The Balaban J connectivity index is 1.82. The number of hydrogen-bond acceptors (Lipinski definition) is 3. The first kappa shape index (κ1) is 24.0. The molecule has 5 nitrogen and oxygen atoms in total. The molecule has 0 fully saturated rings. The molecule has 0 spiro atoms. The standard InChI is InChI=1S/C27H26ClNO4S/c1-4-27(2,3)21-9-12-24(13-10-21)34(32,33)29-23(17-20-16-22(28)11-14-25(20)29)15-18-5-7-19(8-6-18)26(30)31/h5-14,16-17H,4,15H2,1-3H3,(H,30,31). The first-order valence-electron chi connectivity index (χ1n) is 11.0. The van der Waals surface area contributed by atoms with Crippen LogP contribution in [0, 0.1) is 0 Å². The molecule has 0 aliphatic heterocycles. The fourth-order valence-electron chi connectivity index (χ4n) is 3.99. The predicted molar refractivity (Wildman–Crippen MR) is 135 cm³/mol. The lowest BCUT2D eigenvalue weighted by Crippen LogP contribution is -2.18. The van der Waals surface area contributed by atoms with Crippen LogP contribution in [0.3, 0.4) is 0 Å². The van der Waals surface area contributed by atoms with Gasteiger partial charge in [0.25, 0.3) is 10.0 Å². The second kappa shape index (κ2) is 8.93. The molecule has 0 saturated heterocycles. The molecule has 0 unspecified atom stereocenters. The van der Waals surface area contributed by atoms with Crippen LogP contribution in [0.4, 0.5) is 0 Å². The smallest absolute Gasteiger partial charge is 0.335 e. The highest BCUT2D eigenvalue weighted by molar-refractivity contribution is 7.90. The molecular weight excluding hydrogens is 470 g/mol. The van der Waals surface area contributed by atoms with Crippen molar-refractivity contribution < 1.29 is 18.3 Å². The molecule has 176 valence electrons. The summed E-state index contributed by atoms with van der Waals surface area (Å²) in [4.78, 5) is 11.4. The van der Waals surface area contributed by atoms with Gasteiger partial charge in [-0.25, -0.2) is 17.2 Å². The van der Waals surface area contributed by atoms with Gasteiger partial charge in [-0.3, -0.25) is 0 Å². The van der Waals surface area contributed by atoms with Crippen molar-refractivity contribution in [3.8, 4) is 0 Å². The van der Waals surface area contributed by atoms with Crippen molar-refractivity contribution in [2.45, 2.75) is 43.9 Å². The molecule has 0 saturated carbocycles. The van der Waals surface area contributed by atoms with Crippen molar-refractivity contribution in [1.82, 2.24) is 3.97 Å². The highest BCUT2D eigenvalue weighted by atomic mass is 35.5. The minimum absolute atomic E-state index is 0.0491. The largest absolute Gasteiger partial charge is 0.478 e. The van der Waals surface area contributed by atoms with Gasteiger partial charge in [-0.1, -0.05) is 56.6 Å². The van der Waals surface area contributed by atoms with E-state index in [0.717, 1.165) is 22.9 Å². The SMILES string of the molecule is CCC(C)(C)c1ccc(S(=O)(=O)n2c(Cc3ccc(C(=O)O)cc3)cc3cc(Cl)ccc32)cc1. The minimum atomic E-state index is -3.90. The Morgan fingerprint density at radius 2 is 1.62 bits per heavy atom. The van der Waals surface area contributed by atoms with Crippen molar-refractivity contribution in [2.75, 3.05) is 0 Å². The van der Waals surface area contributed by atoms with E-state index < -0.39 is 16.0 Å². The van der Waals surface area contributed by atoms with Crippen LogP contribution in [0.15, 0.2) is 77.7 Å². The molecule has 1 aromatic heterocycles. The lowest BCUT2D eigenvalue weighted by atomic mass is 9.82. The second-order valence-electron chi connectivity index (χ2n) is 9.05. The van der Waals surface area contributed by atoms with E-state index in [2.05, 4.69) is 20.8 Å². The fraction of sp³-hybridized carbons (Fsp3) is 0.222. The van der Waals surface area contributed by atoms with Gasteiger partial charge in [0, 0.05) is 22.5 Å². The van der Waals surface area contributed by atoms with Gasteiger partial charge in [0.15, 0.2) is 0 Å². The Morgan fingerprint density at radius 3 is 2.21 bits per heavy atom. The number of aromatic nitrogens is 1. The monoisotopic (exact) mass is 495 g/mol. The van der Waals surface area contributed by atoms with E-state index in [1.807, 2.05) is 18.2 Å². The Morgan fingerprint density at radius 1 is 0.971 bits per heavy atom. The molecule has 34 heavy (non-hydrogen) atoms. The van der Waals surface area contributed by atoms with Gasteiger partial charge >= 0.3 is 5.97 Å². The number of nitrogens with zero attached hydrogens (tertiary/aromatic N) is 1. The molecule has 3 aromatic carbocycles. The summed E-state index contributed by atoms with van der Waals surface area (Å²) in [6.07, 6.45) is 1.25. The van der Waals surface area contributed by atoms with Gasteiger partial charge in [0.1, 0.15) is 0 Å². The summed E-state index contributed by atoms with van der Waals surface area (Å²) in [5, 5.41) is 10.4. The van der Waals surface area contributed by atoms with Gasteiger partial charge in [-0.2, -0.15) is 0 Å². The molecule has 0 bridgehead atoms. The molecule has 0 atom stereocenters. The summed E-state index contributed by atoms with van der Waals surface area (Å²) in [6.45, 7) is 6.37. The molecule has 1 heterocycles. The number of carboxylic acids is 1. The van der Waals surface area contributed by atoms with Gasteiger partial charge in [0.05, 0.1) is 16.0 Å². The number of aromatic carboxylic acids is 1. The van der Waals surface area contributed by atoms with Crippen molar-refractivity contribution in [3.05, 3.63) is 100 Å². The van der Waals surface area contributed by atoms with E-state index in [9.17, 15) is 13.2 Å². The number of carbonyl (C=O) groups is 1. The van der Waals surface area contributed by atoms with Gasteiger partial charge < -0.3 is 5.11 Å². The van der Waals surface area contributed by atoms with E-state index in [-0.39, 0.29) is 15.9 Å². The molecule has 1 N–H and O–H groups in total. The number of benzene rings is 3. The highest BCUT2D eigenvalue weighted by Crippen LogP contribution is 2.31. The number of carboxylic acid groups (broad SMARTS) is 1. The number of fused-ring (bicyclic) bond motifs is 1.